The van der Waals surface area contributed by atoms with Crippen molar-refractivity contribution in [2.75, 3.05) is 20.7 Å². The maximum Gasteiger partial charge on any atom is 0.235 e. The van der Waals surface area contributed by atoms with E-state index in [4.69, 9.17) is 10.5 Å². The lowest BCUT2D eigenvalue weighted by Crippen LogP contribution is -2.74. The molecule has 11 nitrogen and oxygen atoms in total. The molecule has 4 rings (SSSR count). The third kappa shape index (κ3) is 4.01. The number of rotatable bonds is 7. The molecule has 0 saturated heterocycles. The van der Waals surface area contributed by atoms with Crippen molar-refractivity contribution in [1.82, 2.24) is 4.90 Å². The number of carbonyl (C=O) groups is 5. The van der Waals surface area contributed by atoms with Crippen LogP contribution in [0, 0.1) is 23.7 Å². The highest BCUT2D eigenvalue weighted by Gasteiger charge is 2.69. The van der Waals surface area contributed by atoms with E-state index in [0.29, 0.717) is 12.0 Å². The first-order chi connectivity index (χ1) is 17.4. The molecule has 1 aromatic carbocycles. The van der Waals surface area contributed by atoms with Gasteiger partial charge in [-0.15, -0.1) is 0 Å². The Kier molecular flexibility index (Phi) is 7.10. The monoisotopic (exact) mass is 516 g/mol. The van der Waals surface area contributed by atoms with E-state index in [0.717, 1.165) is 6.42 Å². The van der Waals surface area contributed by atoms with Gasteiger partial charge >= 0.3 is 0 Å². The quantitative estimate of drug-likeness (QED) is 0.213. The average Bonchev–Trinajstić information content (AvgIpc) is 2.81. The van der Waals surface area contributed by atoms with E-state index in [-0.39, 0.29) is 30.6 Å². The molecule has 7 atom stereocenters. The van der Waals surface area contributed by atoms with Gasteiger partial charge < -0.3 is 25.8 Å². The predicted octanol–water partition coefficient (Wildman–Crippen LogP) is -0.325. The summed E-state index contributed by atoms with van der Waals surface area (Å²) in [6.07, 6.45) is 0.173. The maximum atomic E-state index is 13.8. The highest BCUT2D eigenvalue weighted by atomic mass is 16.6. The first-order valence-electron chi connectivity index (χ1n) is 12.4. The topological polar surface area (TPSA) is 185 Å². The lowest BCUT2D eigenvalue weighted by molar-refractivity contribution is -0.181. The lowest BCUT2D eigenvalue weighted by Gasteiger charge is -2.52. The number of nitrogens with zero attached hydrogens (tertiary/aromatic N) is 1. The smallest absolute Gasteiger partial charge is 0.235 e. The number of aromatic hydroxyl groups is 1. The first-order valence-corrected chi connectivity index (χ1v) is 12.4. The molecule has 3 unspecified atom stereocenters. The second-order valence-corrected chi connectivity index (χ2v) is 10.4. The van der Waals surface area contributed by atoms with E-state index in [1.165, 1.54) is 31.1 Å². The minimum Gasteiger partial charge on any atom is -0.507 e. The molecule has 2 saturated carbocycles. The van der Waals surface area contributed by atoms with Crippen molar-refractivity contribution in [1.29, 1.82) is 0 Å². The minimum absolute atomic E-state index is 0.0593. The van der Waals surface area contributed by atoms with Crippen LogP contribution in [0.1, 0.15) is 54.0 Å². The van der Waals surface area contributed by atoms with Crippen molar-refractivity contribution in [2.45, 2.75) is 50.5 Å². The number of benzene rings is 1. The van der Waals surface area contributed by atoms with Gasteiger partial charge in [0.2, 0.25) is 5.91 Å². The number of hydrogen-bond acceptors (Lipinski definition) is 10. The summed E-state index contributed by atoms with van der Waals surface area (Å²) < 4.78 is 5.50. The van der Waals surface area contributed by atoms with E-state index in [1.807, 2.05) is 6.92 Å². The number of Topliss-reactive ketones (excluding diaryl/α,β-unsaturated/α-hetero) is 4. The standard InChI is InChI=1S/C26H32N2O9/c1-4-5-8-37-25(35)12-6-7-15(29)17-13(12)9-11-10-14-19(28(2)3)21(31)18(24(27)34)23(33)26(14,36)22(32)16(11)20(17)30/h6-7,11,14,16,18-19,25,29,35-36H,4-5,8-10H2,1-3H3,(H2,27,34)/t11-,14-,16?,18?,19-,25?,26-/m0/s1. The number of nitrogens with two attached hydrogens (primary N) is 1. The van der Waals surface area contributed by atoms with Crippen molar-refractivity contribution >= 4 is 29.0 Å². The number of likely N-dealkylation sites (N-methyl/N-ethyl adjacent to an activating group) is 1. The molecule has 0 heterocycles. The zero-order valence-corrected chi connectivity index (χ0v) is 21.0. The molecule has 0 radical (unpaired) electrons. The summed E-state index contributed by atoms with van der Waals surface area (Å²) in [4.78, 5) is 67.2. The highest BCUT2D eigenvalue weighted by Crippen LogP contribution is 2.51. The number of aliphatic hydroxyl groups excluding tert-OH is 1. The third-order valence-electron chi connectivity index (χ3n) is 8.02. The fraction of sp³-hybridized carbons (Fsp3) is 0.577. The van der Waals surface area contributed by atoms with Crippen LogP contribution in [0.15, 0.2) is 12.1 Å². The second-order valence-electron chi connectivity index (χ2n) is 10.4. The second kappa shape index (κ2) is 9.71. The summed E-state index contributed by atoms with van der Waals surface area (Å²) in [5.74, 6) is -11.1. The molecule has 3 aliphatic carbocycles. The molecule has 5 N–H and O–H groups in total. The van der Waals surface area contributed by atoms with E-state index < -0.39 is 76.4 Å². The normalized spacial score (nSPS) is 32.1. The maximum absolute atomic E-state index is 13.8. The Bertz CT molecular complexity index is 1180. The highest BCUT2D eigenvalue weighted by molar-refractivity contribution is 6.32. The Morgan fingerprint density at radius 3 is 2.49 bits per heavy atom. The molecule has 0 aromatic heterocycles. The van der Waals surface area contributed by atoms with Gasteiger partial charge in [-0.3, -0.25) is 28.9 Å². The summed E-state index contributed by atoms with van der Waals surface area (Å²) in [5, 5.41) is 32.8. The molecular formula is C26H32N2O9. The van der Waals surface area contributed by atoms with Gasteiger partial charge in [0.15, 0.2) is 40.9 Å². The van der Waals surface area contributed by atoms with Crippen LogP contribution in [0.3, 0.4) is 0 Å². The SMILES string of the molecule is CCCCOC(O)c1ccc(O)c2c1C[C@H]1C[C@H]3[C@H](N(C)C)C(=O)C(C(N)=O)C(=O)[C@@]3(O)C(=O)C1C2=O. The van der Waals surface area contributed by atoms with Gasteiger partial charge in [-0.25, -0.2) is 0 Å². The van der Waals surface area contributed by atoms with Gasteiger partial charge in [0.25, 0.3) is 0 Å². The van der Waals surface area contributed by atoms with Gasteiger partial charge in [-0.2, -0.15) is 0 Å². The number of amides is 1. The van der Waals surface area contributed by atoms with Crippen LogP contribution in [0.25, 0.3) is 0 Å². The predicted molar refractivity (Wildman–Crippen MR) is 127 cm³/mol. The van der Waals surface area contributed by atoms with E-state index in [1.54, 1.807) is 0 Å². The van der Waals surface area contributed by atoms with Gasteiger partial charge in [0, 0.05) is 11.5 Å². The summed E-state index contributed by atoms with van der Waals surface area (Å²) in [5.41, 5.74) is 2.95. The van der Waals surface area contributed by atoms with Gasteiger partial charge in [0.05, 0.1) is 24.1 Å². The van der Waals surface area contributed by atoms with Crippen molar-refractivity contribution in [3.63, 3.8) is 0 Å². The minimum atomic E-state index is -2.77. The van der Waals surface area contributed by atoms with Crippen molar-refractivity contribution < 1.29 is 44.0 Å². The molecule has 37 heavy (non-hydrogen) atoms. The lowest BCUT2D eigenvalue weighted by atomic mass is 9.52. The number of phenolic OH excluding ortho intramolecular Hbond substituents is 1. The number of phenols is 1. The Hall–Kier alpha value is -2.99. The molecule has 0 bridgehead atoms. The fourth-order valence-corrected chi connectivity index (χ4v) is 6.29. The van der Waals surface area contributed by atoms with Gasteiger partial charge in [-0.1, -0.05) is 13.3 Å². The zero-order valence-electron chi connectivity index (χ0n) is 21.0. The summed E-state index contributed by atoms with van der Waals surface area (Å²) in [6, 6.07) is 1.50. The molecule has 0 spiro atoms. The Morgan fingerprint density at radius 1 is 1.22 bits per heavy atom. The third-order valence-corrected chi connectivity index (χ3v) is 8.02. The molecule has 1 amide bonds. The Morgan fingerprint density at radius 2 is 1.89 bits per heavy atom. The Labute approximate surface area is 213 Å². The molecule has 1 aromatic rings. The van der Waals surface area contributed by atoms with Crippen LogP contribution >= 0.6 is 0 Å². The summed E-state index contributed by atoms with van der Waals surface area (Å²) >= 11 is 0. The molecule has 0 aliphatic heterocycles. The zero-order chi connectivity index (χ0) is 27.4. The molecule has 200 valence electrons. The van der Waals surface area contributed by atoms with E-state index >= 15 is 0 Å². The molecule has 2 fully saturated rings. The van der Waals surface area contributed by atoms with Gasteiger partial charge in [0.1, 0.15) is 5.75 Å². The number of primary amides is 1. The van der Waals surface area contributed by atoms with Crippen molar-refractivity contribution in [3.05, 3.63) is 28.8 Å². The van der Waals surface area contributed by atoms with Crippen LogP contribution in [-0.2, 0) is 30.3 Å². The summed E-state index contributed by atoms with van der Waals surface area (Å²) in [7, 11) is 3.05. The number of aliphatic hydroxyl groups is 2. The Balaban J connectivity index is 1.80. The van der Waals surface area contributed by atoms with Crippen LogP contribution in [0.2, 0.25) is 0 Å². The van der Waals surface area contributed by atoms with Crippen LogP contribution in [-0.4, -0.2) is 81.6 Å². The molecule has 11 heteroatoms. The first kappa shape index (κ1) is 27.1. The molecular weight excluding hydrogens is 484 g/mol. The fourth-order valence-electron chi connectivity index (χ4n) is 6.29. The van der Waals surface area contributed by atoms with Crippen LogP contribution in [0.5, 0.6) is 5.75 Å². The number of unbranched alkanes of at least 4 members (excludes halogenated alkanes) is 1. The average molecular weight is 517 g/mol. The number of carbonyl (C=O) groups excluding carboxylic acids is 5. The number of ether oxygens (including phenoxy) is 1. The number of ketones is 4. The van der Waals surface area contributed by atoms with Crippen LogP contribution < -0.4 is 5.73 Å². The van der Waals surface area contributed by atoms with E-state index in [9.17, 15) is 39.3 Å². The van der Waals surface area contributed by atoms with Gasteiger partial charge in [-0.05, 0) is 57.0 Å². The molecule has 3 aliphatic rings. The number of fused-ring (bicyclic) bond motifs is 3. The summed E-state index contributed by atoms with van der Waals surface area (Å²) in [6.45, 7) is 2.24. The van der Waals surface area contributed by atoms with Crippen LogP contribution in [0.4, 0.5) is 0 Å². The largest absolute Gasteiger partial charge is 0.507 e. The van der Waals surface area contributed by atoms with Crippen molar-refractivity contribution in [3.8, 4) is 5.75 Å². The van der Waals surface area contributed by atoms with Crippen molar-refractivity contribution in [2.24, 2.45) is 29.4 Å². The van der Waals surface area contributed by atoms with E-state index in [2.05, 4.69) is 0 Å². The number of hydrogen-bond donors (Lipinski definition) is 4.